The van der Waals surface area contributed by atoms with E-state index in [9.17, 15) is 0 Å². The molecule has 0 fully saturated rings. The first kappa shape index (κ1) is 2.30. The highest BCUT2D eigenvalue weighted by molar-refractivity contribution is 8.40. The Labute approximate surface area is 45.0 Å². The highest BCUT2D eigenvalue weighted by Crippen LogP contribution is 2.11. The largest absolute Gasteiger partial charge is 0.503 e. The van der Waals surface area contributed by atoms with Gasteiger partial charge in [0.25, 0.3) is 0 Å². The van der Waals surface area contributed by atoms with Gasteiger partial charge in [0.15, 0.2) is 0 Å². The Morgan fingerprint density at radius 3 is 3.60 bits per heavy atom. The average Bonchev–Trinajstić information content (AvgIpc) is 1.64. The van der Waals surface area contributed by atoms with E-state index in [4.69, 9.17) is 9.00 Å². The Hall–Kier alpha value is 0.945. The summed E-state index contributed by atoms with van der Waals surface area (Å²) in [5.74, 6) is 0. The normalized spacial score (nSPS) is 25.0. The third-order valence-electron chi connectivity index (χ3n) is 0.115. The zero-order chi connectivity index (χ0) is 6.73. The maximum Gasteiger partial charge on any atom is 0.503 e. The Bertz CT molecular complexity index is 97.3. The van der Waals surface area contributed by atoms with Crippen LogP contribution in [-0.2, 0) is 0 Å². The molecule has 28 valence electrons. The summed E-state index contributed by atoms with van der Waals surface area (Å²) in [5, 5.41) is 6.75. The molecule has 0 heterocycles. The molecular formula is H5BNP2S+. The monoisotopic (exact) mass is 129 g/mol. The van der Waals surface area contributed by atoms with Crippen molar-refractivity contribution in [2.45, 2.75) is 0 Å². The van der Waals surface area contributed by atoms with Gasteiger partial charge in [-0.3, -0.25) is 0 Å². The second kappa shape index (κ2) is 3.15. The number of hydrogen-bond acceptors (Lipinski definition) is 2. The van der Waals surface area contributed by atoms with Gasteiger partial charge >= 0.3 is 6.71 Å². The van der Waals surface area contributed by atoms with E-state index in [0.717, 1.165) is 0 Å². The van der Waals surface area contributed by atoms with E-state index < -0.39 is 22.6 Å². The van der Waals surface area contributed by atoms with Crippen molar-refractivity contribution in [2.24, 2.45) is 0 Å². The Kier molecular flexibility index (Phi) is 1.45. The van der Waals surface area contributed by atoms with Crippen molar-refractivity contribution in [3.63, 3.8) is 0 Å². The fourth-order valence-corrected chi connectivity index (χ4v) is 0. The molecule has 0 aliphatic heterocycles. The van der Waals surface area contributed by atoms with Crippen LogP contribution in [-0.4, -0.2) is 9.27 Å². The van der Waals surface area contributed by atoms with Crippen molar-refractivity contribution in [1.29, 1.82) is 9.00 Å². The molecule has 0 aromatic carbocycles. The van der Waals surface area contributed by atoms with E-state index in [0.29, 0.717) is 0 Å². The van der Waals surface area contributed by atoms with Gasteiger partial charge in [-0.2, -0.15) is 12.5 Å². The second-order valence-electron chi connectivity index (χ2n) is 0.476. The van der Waals surface area contributed by atoms with E-state index in [1.54, 1.807) is 0 Å². The molecule has 2 atom stereocenters. The van der Waals surface area contributed by atoms with Gasteiger partial charge < -0.3 is 0 Å². The van der Waals surface area contributed by atoms with Crippen molar-refractivity contribution in [2.75, 3.05) is 0 Å². The summed E-state index contributed by atoms with van der Waals surface area (Å²) in [6, 6.07) is 0. The van der Waals surface area contributed by atoms with Gasteiger partial charge in [0.1, 0.15) is 8.20 Å². The van der Waals surface area contributed by atoms with E-state index in [-0.39, 0.29) is 0 Å². The highest BCUT2D eigenvalue weighted by Gasteiger charge is 2.03. The molecule has 0 radical (unpaired) electrons. The zero-order valence-corrected chi connectivity index (χ0v) is 5.10. The van der Waals surface area contributed by atoms with E-state index in [1.165, 1.54) is 0 Å². The molecular weight excluding hydrogens is 119 g/mol. The first-order chi connectivity index (χ1) is 3.55. The fourth-order valence-electron chi connectivity index (χ4n) is 0. The standard InChI is InChI=1S/BH4NP2S/c2-4-1(3)5/h2,5H,3H2/p+1/i3TD/hT. The van der Waals surface area contributed by atoms with Gasteiger partial charge in [-0.15, -0.1) is 14.2 Å². The highest BCUT2D eigenvalue weighted by atomic mass is 32.1. The van der Waals surface area contributed by atoms with E-state index in [2.05, 4.69) is 12.5 Å². The van der Waals surface area contributed by atoms with Gasteiger partial charge in [0.05, 0.1) is 2.56 Å². The maximum absolute atomic E-state index is 6.75. The zero-order valence-electron chi connectivity index (χ0n) is 5.42. The predicted molar refractivity (Wildman–Crippen MR) is 35.5 cm³/mol. The van der Waals surface area contributed by atoms with Crippen LogP contribution >= 0.6 is 29.7 Å². The summed E-state index contributed by atoms with van der Waals surface area (Å²) < 4.78 is 20.2. The van der Waals surface area contributed by atoms with Gasteiger partial charge in [0, 0.05) is 0 Å². The van der Waals surface area contributed by atoms with Crippen LogP contribution < -0.4 is 0 Å². The first-order valence-corrected chi connectivity index (χ1v) is 2.99. The predicted octanol–water partition coefficient (Wildman–Crippen LogP) is 1.22. The third-order valence-corrected chi connectivity index (χ3v) is 1.04. The van der Waals surface area contributed by atoms with Crippen molar-refractivity contribution in [3.8, 4) is 0 Å². The minimum atomic E-state index is -1.68. The fraction of sp³-hybridized carbons (Fsp3) is 0. The van der Waals surface area contributed by atoms with E-state index in [1.807, 2.05) is 0 Å². The van der Waals surface area contributed by atoms with Crippen LogP contribution in [0.2, 0.25) is 0 Å². The minimum absolute atomic E-state index is 0.639. The number of rotatable bonds is 2. The Balaban J connectivity index is 3.64. The Morgan fingerprint density at radius 2 is 3.60 bits per heavy atom. The second-order valence-corrected chi connectivity index (χ2v) is 3.50. The molecule has 0 saturated heterocycles. The van der Waals surface area contributed by atoms with Crippen molar-refractivity contribution >= 4 is 35.1 Å². The molecule has 0 bridgehead atoms. The van der Waals surface area contributed by atoms with Gasteiger partial charge in [0.2, 0.25) is 0 Å². The summed E-state index contributed by atoms with van der Waals surface area (Å²) in [6.45, 7) is 0. The molecule has 1 nitrogen and oxygen atoms in total. The maximum atomic E-state index is 6.75. The quantitative estimate of drug-likeness (QED) is 0.318. The van der Waals surface area contributed by atoms with Crippen LogP contribution in [0, 0.1) is 5.16 Å². The SMILES string of the molecule is [2H]P([3H])B(S)[P+]([3H])=N. The summed E-state index contributed by atoms with van der Waals surface area (Å²) in [6.07, 6.45) is 0. The molecule has 0 amide bonds. The van der Waals surface area contributed by atoms with Crippen LogP contribution in [0.4, 0.5) is 0 Å². The number of thiol groups is 1. The summed E-state index contributed by atoms with van der Waals surface area (Å²) in [4.78, 5) is 0. The summed E-state index contributed by atoms with van der Waals surface area (Å²) in [7, 11) is -3.37. The molecule has 0 aliphatic carbocycles. The average molecular weight is 129 g/mol. The molecule has 0 aromatic heterocycles. The topological polar surface area (TPSA) is 23.9 Å². The molecule has 0 aliphatic rings. The van der Waals surface area contributed by atoms with Crippen LogP contribution in [0.25, 0.3) is 0 Å². The molecule has 1 N–H and O–H groups in total. The molecule has 0 aromatic rings. The van der Waals surface area contributed by atoms with Crippen LogP contribution in [0.5, 0.6) is 0 Å². The van der Waals surface area contributed by atoms with Gasteiger partial charge in [-0.05, 0) is 0 Å². The van der Waals surface area contributed by atoms with Crippen LogP contribution in [0.1, 0.15) is 0 Å². The molecule has 0 rings (SSSR count). The van der Waals surface area contributed by atoms with Crippen LogP contribution in [0.15, 0.2) is 0 Å². The van der Waals surface area contributed by atoms with Crippen molar-refractivity contribution in [3.05, 3.63) is 0 Å². The lowest BCUT2D eigenvalue weighted by atomic mass is 10.7. The number of hydrogen-bond donors (Lipinski definition) is 2. The van der Waals surface area contributed by atoms with E-state index >= 15 is 0 Å². The third kappa shape index (κ3) is 4.94. The lowest BCUT2D eigenvalue weighted by Crippen LogP contribution is -1.66. The molecule has 5 heteroatoms. The van der Waals surface area contributed by atoms with Crippen molar-refractivity contribution < 1.29 is 0 Å². The van der Waals surface area contributed by atoms with Crippen molar-refractivity contribution in [1.82, 2.24) is 0 Å². The lowest BCUT2D eigenvalue weighted by molar-refractivity contribution is 1.66. The van der Waals surface area contributed by atoms with Gasteiger partial charge in [-0.1, -0.05) is 0 Å². The summed E-state index contributed by atoms with van der Waals surface area (Å²) >= 11 is 3.73. The van der Waals surface area contributed by atoms with Crippen LogP contribution in [0.3, 0.4) is 0 Å². The minimum Gasteiger partial charge on any atom is -0.164 e. The molecule has 0 spiro atoms. The van der Waals surface area contributed by atoms with Gasteiger partial charge in [-0.25, -0.2) is 0 Å². The number of nitrogens with one attached hydrogen (secondary N) is 1. The smallest absolute Gasteiger partial charge is 0.164 e. The molecule has 0 saturated carbocycles. The Morgan fingerprint density at radius 1 is 3.00 bits per heavy atom. The lowest BCUT2D eigenvalue weighted by Gasteiger charge is -1.59. The first-order valence-electron chi connectivity index (χ1n) is 2.34. The molecule has 5 heavy (non-hydrogen) atoms. The molecule has 2 unspecified atom stereocenters. The summed E-state index contributed by atoms with van der Waals surface area (Å²) in [5.41, 5.74) is -0.639.